The van der Waals surface area contributed by atoms with Crippen molar-refractivity contribution in [3.63, 3.8) is 0 Å². The van der Waals surface area contributed by atoms with Crippen molar-refractivity contribution in [2.24, 2.45) is 0 Å². The number of para-hydroxylation sites is 4. The highest BCUT2D eigenvalue weighted by atomic mass is 35.5. The molecular weight excluding hydrogens is 1400 g/mol. The minimum atomic E-state index is -1.30. The first-order valence-corrected chi connectivity index (χ1v) is 33.0. The van der Waals surface area contributed by atoms with Crippen LogP contribution in [0.15, 0.2) is 170 Å². The van der Waals surface area contributed by atoms with Crippen molar-refractivity contribution >= 4 is 160 Å². The lowest BCUT2D eigenvalue weighted by molar-refractivity contribution is -0.787. The lowest BCUT2D eigenvalue weighted by Crippen LogP contribution is -3.04. The van der Waals surface area contributed by atoms with Crippen LogP contribution in [0.4, 0.5) is 0 Å². The maximum absolute atomic E-state index is 11.2. The molecule has 2 aliphatic rings. The number of carbonyl (C=O) groups is 4. The largest absolute Gasteiger partial charge is 0.543 e. The van der Waals surface area contributed by atoms with E-state index in [1.807, 2.05) is 24.3 Å². The predicted molar refractivity (Wildman–Crippen MR) is 365 cm³/mol. The van der Waals surface area contributed by atoms with Gasteiger partial charge in [0.05, 0.1) is 72.1 Å². The van der Waals surface area contributed by atoms with Crippen LogP contribution in [-0.2, 0) is 26.2 Å². The molecule has 8 aromatic carbocycles. The monoisotopic (exact) mass is 1450 g/mol. The van der Waals surface area contributed by atoms with Crippen molar-refractivity contribution in [3.05, 3.63) is 255 Å². The Kier molecular flexibility index (Phi) is 25.9. The van der Waals surface area contributed by atoms with Crippen molar-refractivity contribution in [2.75, 3.05) is 52.4 Å². The second-order valence-corrected chi connectivity index (χ2v) is 25.0. The molecule has 0 unspecified atom stereocenters. The molecule has 0 spiro atoms. The van der Waals surface area contributed by atoms with Gasteiger partial charge in [-0.05, 0) is 95.1 Å². The van der Waals surface area contributed by atoms with Gasteiger partial charge >= 0.3 is 0 Å². The van der Waals surface area contributed by atoms with Crippen molar-refractivity contribution in [2.45, 2.75) is 26.2 Å². The fraction of sp³-hybridized carbons (Fsp3) is 0.176. The SMILES string of the molecule is C1C[NH2+]CC[NH2+]1.C1C[NH2+]CC[NH2+]1.O=C([O-])c1nn(Cc2ccc(Cl)cc2Cl)c2ccccc12.O=C([O-])c1nn(Cc2ccc(Cl)cc2Cl)c2ccccc12.O=C([O-])c1nn(Cc2ccc(Cl)cc2Cl)c2ccccc12.O=C([O-])c1nn(Cc2ccc(Cl)cc2Cl)c2ccccc12. The quantitative estimate of drug-likeness (QED) is 0.122. The molecule has 0 amide bonds. The Morgan fingerprint density at radius 1 is 0.302 bits per heavy atom. The third-order valence-corrected chi connectivity index (χ3v) is 17.4. The summed E-state index contributed by atoms with van der Waals surface area (Å²) in [6.07, 6.45) is 0. The van der Waals surface area contributed by atoms with Crippen LogP contribution in [0.1, 0.15) is 64.2 Å². The summed E-state index contributed by atoms with van der Waals surface area (Å²) in [6, 6.07) is 49.0. The molecule has 28 heteroatoms. The lowest BCUT2D eigenvalue weighted by Gasteiger charge is -2.06. The number of carbonyl (C=O) groups excluding carboxylic acids is 4. The van der Waals surface area contributed by atoms with Gasteiger partial charge < -0.3 is 60.9 Å². The molecule has 0 saturated carbocycles. The van der Waals surface area contributed by atoms with Gasteiger partial charge in [-0.1, -0.05) is 190 Å². The first-order chi connectivity index (χ1) is 46.2. The van der Waals surface area contributed by atoms with Crippen LogP contribution in [0.5, 0.6) is 0 Å². The van der Waals surface area contributed by atoms with E-state index < -0.39 is 23.9 Å². The average molecular weight is 1460 g/mol. The van der Waals surface area contributed by atoms with Crippen LogP contribution < -0.4 is 41.7 Å². The zero-order valence-corrected chi connectivity index (χ0v) is 56.9. The molecule has 14 rings (SSSR count). The highest BCUT2D eigenvalue weighted by molar-refractivity contribution is 6.36. The van der Waals surface area contributed by atoms with Gasteiger partial charge in [-0.3, -0.25) is 18.7 Å². The van der Waals surface area contributed by atoms with E-state index in [9.17, 15) is 39.6 Å². The van der Waals surface area contributed by atoms with E-state index in [1.54, 1.807) is 164 Å². The van der Waals surface area contributed by atoms with Gasteiger partial charge in [-0.15, -0.1) is 0 Å². The Balaban J connectivity index is 0.000000141. The summed E-state index contributed by atoms with van der Waals surface area (Å²) >= 11 is 48.1. The number of carboxylic acids is 4. The Labute approximate surface area is 589 Å². The normalized spacial score (nSPS) is 12.6. The van der Waals surface area contributed by atoms with E-state index in [4.69, 9.17) is 92.8 Å². The van der Waals surface area contributed by atoms with Gasteiger partial charge in [0, 0.05) is 61.7 Å². The van der Waals surface area contributed by atoms with E-state index in [0.29, 0.717) is 110 Å². The lowest BCUT2D eigenvalue weighted by atomic mass is 10.2. The van der Waals surface area contributed by atoms with E-state index in [-0.39, 0.29) is 22.8 Å². The first-order valence-electron chi connectivity index (χ1n) is 29.9. The van der Waals surface area contributed by atoms with Crippen molar-refractivity contribution in [3.8, 4) is 0 Å². The minimum absolute atomic E-state index is 0.0734. The first kappa shape index (κ1) is 72.0. The highest BCUT2D eigenvalue weighted by Crippen LogP contribution is 2.29. The van der Waals surface area contributed by atoms with E-state index in [0.717, 1.165) is 22.3 Å². The summed E-state index contributed by atoms with van der Waals surface area (Å²) in [5.41, 5.74) is 5.77. The number of nitrogens with two attached hydrogens (primary N) is 4. The Bertz CT molecular complexity index is 4140. The molecule has 12 aromatic rings. The predicted octanol–water partition coefficient (Wildman–Crippen LogP) is 5.27. The van der Waals surface area contributed by atoms with Gasteiger partial charge in [0.15, 0.2) is 0 Å². The number of hydrogen-bond acceptors (Lipinski definition) is 12. The summed E-state index contributed by atoms with van der Waals surface area (Å²) in [5, 5.41) is 76.9. The molecule has 6 heterocycles. The number of aromatic carboxylic acids is 4. The van der Waals surface area contributed by atoms with Gasteiger partial charge in [0.2, 0.25) is 0 Å². The Hall–Kier alpha value is -8.32. The molecule has 20 nitrogen and oxygen atoms in total. The molecule has 8 N–H and O–H groups in total. The molecule has 0 radical (unpaired) electrons. The molecular formula is C68H60Cl8N12O8. The summed E-state index contributed by atoms with van der Waals surface area (Å²) in [5.74, 6) is -5.20. The number of aromatic nitrogens is 8. The second-order valence-electron chi connectivity index (χ2n) is 21.7. The number of rotatable bonds is 12. The van der Waals surface area contributed by atoms with Crippen LogP contribution in [0.3, 0.4) is 0 Å². The van der Waals surface area contributed by atoms with E-state index in [1.165, 1.54) is 52.4 Å². The summed E-state index contributed by atoms with van der Waals surface area (Å²) < 4.78 is 6.37. The van der Waals surface area contributed by atoms with Gasteiger partial charge in [-0.25, -0.2) is 0 Å². The molecule has 2 aliphatic heterocycles. The fourth-order valence-electron chi connectivity index (χ4n) is 10.4. The third kappa shape index (κ3) is 19.0. The maximum atomic E-state index is 11.2. The number of nitrogens with zero attached hydrogens (tertiary/aromatic N) is 8. The molecule has 0 atom stereocenters. The number of quaternary nitrogens is 4. The Morgan fingerprint density at radius 2 is 0.490 bits per heavy atom. The van der Waals surface area contributed by atoms with Crippen LogP contribution in [0.2, 0.25) is 40.2 Å². The highest BCUT2D eigenvalue weighted by Gasteiger charge is 2.17. The van der Waals surface area contributed by atoms with Crippen LogP contribution in [0.25, 0.3) is 43.6 Å². The molecule has 2 fully saturated rings. The van der Waals surface area contributed by atoms with Crippen molar-refractivity contribution in [1.29, 1.82) is 0 Å². The van der Waals surface area contributed by atoms with E-state index in [2.05, 4.69) is 41.7 Å². The average Bonchev–Trinajstić information content (AvgIpc) is 1.67. The minimum Gasteiger partial charge on any atom is -0.543 e. The summed E-state index contributed by atoms with van der Waals surface area (Å²) in [4.78, 5) is 44.6. The third-order valence-electron chi connectivity index (χ3n) is 15.0. The van der Waals surface area contributed by atoms with Gasteiger partial charge in [0.1, 0.15) is 75.1 Å². The van der Waals surface area contributed by atoms with Crippen molar-refractivity contribution < 1.29 is 60.9 Å². The fourth-order valence-corrected chi connectivity index (χ4v) is 12.2. The molecule has 2 saturated heterocycles. The number of benzene rings is 8. The molecule has 0 bridgehead atoms. The molecule has 96 heavy (non-hydrogen) atoms. The van der Waals surface area contributed by atoms with Crippen LogP contribution in [-0.4, -0.2) is 115 Å². The number of fused-ring (bicyclic) bond motifs is 4. The molecule has 0 aliphatic carbocycles. The van der Waals surface area contributed by atoms with Crippen LogP contribution >= 0.6 is 92.8 Å². The Morgan fingerprint density at radius 3 is 0.656 bits per heavy atom. The van der Waals surface area contributed by atoms with Gasteiger partial charge in [0.25, 0.3) is 0 Å². The second kappa shape index (κ2) is 34.6. The van der Waals surface area contributed by atoms with Crippen molar-refractivity contribution in [1.82, 2.24) is 39.1 Å². The zero-order chi connectivity index (χ0) is 68.4. The zero-order valence-electron chi connectivity index (χ0n) is 50.8. The standard InChI is InChI=1S/4C15H10Cl2N2O2.2C4H10N2/c4*16-10-6-5-9(12(17)7-10)8-19-13-4-2-1-3-11(13)14(18-19)15(20)21;2*1-2-6-4-3-5-1/h4*1-7H,8H2,(H,20,21);2*5-6H,1-4H2. The summed E-state index contributed by atoms with van der Waals surface area (Å²) in [7, 11) is 0. The summed E-state index contributed by atoms with van der Waals surface area (Å²) in [6.45, 7) is 12.0. The number of halogens is 8. The molecule has 4 aromatic heterocycles. The molecule has 496 valence electrons. The number of carboxylic acid groups (broad SMARTS) is 4. The number of hydrogen-bond donors (Lipinski definition) is 4. The maximum Gasteiger partial charge on any atom is 0.125 e. The smallest absolute Gasteiger partial charge is 0.125 e. The van der Waals surface area contributed by atoms with Crippen LogP contribution in [0, 0.1) is 0 Å². The van der Waals surface area contributed by atoms with Gasteiger partial charge in [-0.2, -0.15) is 20.4 Å². The topological polar surface area (TPSA) is 298 Å². The van der Waals surface area contributed by atoms with E-state index >= 15 is 0 Å². The number of piperazine rings is 2.